The number of likely N-dealkylation sites (tertiary alicyclic amines) is 1. The SMILES string of the molecule is OCC[C@]12C[C@H]1CCN(Cc1ccccc1)C2. The van der Waals surface area contributed by atoms with Crippen LogP contribution >= 0.6 is 0 Å². The maximum atomic E-state index is 9.17. The summed E-state index contributed by atoms with van der Waals surface area (Å²) in [6.07, 6.45) is 3.68. The molecule has 0 bridgehead atoms. The van der Waals surface area contributed by atoms with Gasteiger partial charge in [0.25, 0.3) is 0 Å². The fraction of sp³-hybridized carbons (Fsp3) is 0.600. The number of hydrogen-bond donors (Lipinski definition) is 1. The topological polar surface area (TPSA) is 23.5 Å². The van der Waals surface area contributed by atoms with Crippen LogP contribution in [0.25, 0.3) is 0 Å². The zero-order valence-corrected chi connectivity index (χ0v) is 10.3. The molecule has 2 heteroatoms. The van der Waals surface area contributed by atoms with Crippen molar-refractivity contribution >= 4 is 0 Å². The number of aliphatic hydroxyl groups excluding tert-OH is 1. The molecule has 1 saturated carbocycles. The van der Waals surface area contributed by atoms with Crippen molar-refractivity contribution in [3.63, 3.8) is 0 Å². The molecule has 17 heavy (non-hydrogen) atoms. The molecule has 2 fully saturated rings. The summed E-state index contributed by atoms with van der Waals surface area (Å²) in [4.78, 5) is 2.56. The second-order valence-corrected chi connectivity index (χ2v) is 5.72. The molecule has 1 aromatic rings. The Morgan fingerprint density at radius 2 is 2.12 bits per heavy atom. The normalized spacial score (nSPS) is 32.2. The van der Waals surface area contributed by atoms with Gasteiger partial charge in [-0.05, 0) is 42.7 Å². The Hall–Kier alpha value is -0.860. The highest BCUT2D eigenvalue weighted by Gasteiger charge is 2.55. The van der Waals surface area contributed by atoms with Gasteiger partial charge in [-0.15, -0.1) is 0 Å². The molecule has 1 aliphatic carbocycles. The van der Waals surface area contributed by atoms with Gasteiger partial charge in [-0.25, -0.2) is 0 Å². The molecule has 1 heterocycles. The highest BCUT2D eigenvalue weighted by molar-refractivity contribution is 5.15. The second-order valence-electron chi connectivity index (χ2n) is 5.72. The maximum Gasteiger partial charge on any atom is 0.0436 e. The maximum absolute atomic E-state index is 9.17. The predicted molar refractivity (Wildman–Crippen MR) is 68.6 cm³/mol. The second kappa shape index (κ2) is 4.43. The number of rotatable bonds is 4. The number of piperidine rings is 1. The third kappa shape index (κ3) is 2.24. The van der Waals surface area contributed by atoms with Crippen LogP contribution in [0.15, 0.2) is 30.3 Å². The Morgan fingerprint density at radius 1 is 1.29 bits per heavy atom. The van der Waals surface area contributed by atoms with E-state index in [4.69, 9.17) is 5.11 Å². The van der Waals surface area contributed by atoms with Crippen molar-refractivity contribution in [1.82, 2.24) is 4.90 Å². The Morgan fingerprint density at radius 3 is 2.88 bits per heavy atom. The monoisotopic (exact) mass is 231 g/mol. The van der Waals surface area contributed by atoms with Crippen molar-refractivity contribution in [3.8, 4) is 0 Å². The molecular weight excluding hydrogens is 210 g/mol. The van der Waals surface area contributed by atoms with E-state index in [1.165, 1.54) is 31.5 Å². The smallest absolute Gasteiger partial charge is 0.0436 e. The van der Waals surface area contributed by atoms with E-state index >= 15 is 0 Å². The van der Waals surface area contributed by atoms with Gasteiger partial charge < -0.3 is 5.11 Å². The van der Waals surface area contributed by atoms with E-state index in [0.717, 1.165) is 18.9 Å². The Balaban J connectivity index is 1.62. The van der Waals surface area contributed by atoms with Crippen molar-refractivity contribution in [1.29, 1.82) is 0 Å². The molecule has 1 aliphatic heterocycles. The summed E-state index contributed by atoms with van der Waals surface area (Å²) in [6.45, 7) is 3.84. The molecule has 1 saturated heterocycles. The van der Waals surface area contributed by atoms with E-state index in [1.807, 2.05) is 0 Å². The highest BCUT2D eigenvalue weighted by Crippen LogP contribution is 2.59. The van der Waals surface area contributed by atoms with Crippen LogP contribution in [0.5, 0.6) is 0 Å². The first-order valence-corrected chi connectivity index (χ1v) is 6.69. The van der Waals surface area contributed by atoms with E-state index in [0.29, 0.717) is 12.0 Å². The minimum absolute atomic E-state index is 0.357. The summed E-state index contributed by atoms with van der Waals surface area (Å²) in [6, 6.07) is 10.7. The Bertz CT molecular complexity index is 378. The summed E-state index contributed by atoms with van der Waals surface area (Å²) in [7, 11) is 0. The zero-order valence-electron chi connectivity index (χ0n) is 10.3. The molecule has 92 valence electrons. The number of nitrogens with zero attached hydrogens (tertiary/aromatic N) is 1. The minimum Gasteiger partial charge on any atom is -0.396 e. The quantitative estimate of drug-likeness (QED) is 0.859. The van der Waals surface area contributed by atoms with E-state index in [1.54, 1.807) is 0 Å². The lowest BCUT2D eigenvalue weighted by atomic mass is 9.93. The number of aliphatic hydroxyl groups is 1. The Labute approximate surface area is 103 Å². The summed E-state index contributed by atoms with van der Waals surface area (Å²) in [5.41, 5.74) is 1.88. The lowest BCUT2D eigenvalue weighted by molar-refractivity contribution is 0.131. The molecule has 0 spiro atoms. The molecule has 2 nitrogen and oxygen atoms in total. The van der Waals surface area contributed by atoms with Crippen LogP contribution < -0.4 is 0 Å². The van der Waals surface area contributed by atoms with Crippen molar-refractivity contribution in [2.24, 2.45) is 11.3 Å². The van der Waals surface area contributed by atoms with E-state index in [-0.39, 0.29) is 0 Å². The molecule has 3 rings (SSSR count). The standard InChI is InChI=1S/C15H21NO/c17-9-7-15-10-14(15)6-8-16(12-15)11-13-4-2-1-3-5-13/h1-5,14,17H,6-12H2/t14-,15-/m1/s1. The lowest BCUT2D eigenvalue weighted by Crippen LogP contribution is -2.36. The largest absolute Gasteiger partial charge is 0.396 e. The summed E-state index contributed by atoms with van der Waals surface area (Å²) >= 11 is 0. The molecule has 0 unspecified atom stereocenters. The van der Waals surface area contributed by atoms with E-state index in [9.17, 15) is 0 Å². The van der Waals surface area contributed by atoms with Crippen molar-refractivity contribution in [2.45, 2.75) is 25.8 Å². The van der Waals surface area contributed by atoms with Gasteiger partial charge in [-0.3, -0.25) is 4.90 Å². The predicted octanol–water partition coefficient (Wildman–Crippen LogP) is 2.28. The number of hydrogen-bond acceptors (Lipinski definition) is 2. The minimum atomic E-state index is 0.357. The molecule has 0 amide bonds. The van der Waals surface area contributed by atoms with Crippen LogP contribution in [-0.4, -0.2) is 29.7 Å². The van der Waals surface area contributed by atoms with Gasteiger partial charge in [0, 0.05) is 19.7 Å². The summed E-state index contributed by atoms with van der Waals surface area (Å²) < 4.78 is 0. The molecule has 2 atom stereocenters. The van der Waals surface area contributed by atoms with Crippen LogP contribution in [0.3, 0.4) is 0 Å². The Kier molecular flexibility index (Phi) is 2.93. The van der Waals surface area contributed by atoms with Gasteiger partial charge in [0.15, 0.2) is 0 Å². The van der Waals surface area contributed by atoms with Gasteiger partial charge in [0.1, 0.15) is 0 Å². The average Bonchev–Trinajstić information content (AvgIpc) is 3.04. The van der Waals surface area contributed by atoms with Crippen LogP contribution in [-0.2, 0) is 6.54 Å². The molecule has 2 aliphatic rings. The zero-order chi connectivity index (χ0) is 11.7. The van der Waals surface area contributed by atoms with Gasteiger partial charge in [0.2, 0.25) is 0 Å². The van der Waals surface area contributed by atoms with E-state index in [2.05, 4.69) is 35.2 Å². The molecule has 0 aromatic heterocycles. The molecular formula is C15H21NO. The first-order chi connectivity index (χ1) is 8.32. The van der Waals surface area contributed by atoms with Gasteiger partial charge in [-0.1, -0.05) is 30.3 Å². The molecule has 0 radical (unpaired) electrons. The summed E-state index contributed by atoms with van der Waals surface area (Å²) in [5.74, 6) is 0.904. The van der Waals surface area contributed by atoms with Gasteiger partial charge >= 0.3 is 0 Å². The van der Waals surface area contributed by atoms with Gasteiger partial charge in [0.05, 0.1) is 0 Å². The molecule has 1 N–H and O–H groups in total. The third-order valence-electron chi connectivity index (χ3n) is 4.55. The van der Waals surface area contributed by atoms with Crippen molar-refractivity contribution in [3.05, 3.63) is 35.9 Å². The van der Waals surface area contributed by atoms with E-state index < -0.39 is 0 Å². The average molecular weight is 231 g/mol. The third-order valence-corrected chi connectivity index (χ3v) is 4.55. The van der Waals surface area contributed by atoms with Crippen LogP contribution in [0.4, 0.5) is 0 Å². The first-order valence-electron chi connectivity index (χ1n) is 6.69. The van der Waals surface area contributed by atoms with Gasteiger partial charge in [-0.2, -0.15) is 0 Å². The lowest BCUT2D eigenvalue weighted by Gasteiger charge is -2.32. The fourth-order valence-corrected chi connectivity index (χ4v) is 3.48. The number of fused-ring (bicyclic) bond motifs is 1. The van der Waals surface area contributed by atoms with Crippen LogP contribution in [0.2, 0.25) is 0 Å². The fourth-order valence-electron chi connectivity index (χ4n) is 3.48. The number of benzene rings is 1. The van der Waals surface area contributed by atoms with Crippen LogP contribution in [0, 0.1) is 11.3 Å². The van der Waals surface area contributed by atoms with Crippen LogP contribution in [0.1, 0.15) is 24.8 Å². The van der Waals surface area contributed by atoms with Crippen molar-refractivity contribution in [2.75, 3.05) is 19.7 Å². The van der Waals surface area contributed by atoms with Crippen molar-refractivity contribution < 1.29 is 5.11 Å². The summed E-state index contributed by atoms with van der Waals surface area (Å²) in [5, 5.41) is 9.17. The highest BCUT2D eigenvalue weighted by atomic mass is 16.3. The molecule has 1 aromatic carbocycles. The first kappa shape index (κ1) is 11.2.